The summed E-state index contributed by atoms with van der Waals surface area (Å²) in [5.41, 5.74) is 6.15. The quantitative estimate of drug-likeness (QED) is 0.265. The van der Waals surface area contributed by atoms with Crippen molar-refractivity contribution in [3.05, 3.63) is 97.4 Å². The number of nitrogens with zero attached hydrogens (tertiary/aromatic N) is 1. The Morgan fingerprint density at radius 1 is 0.559 bits per heavy atom. The van der Waals surface area contributed by atoms with E-state index in [-0.39, 0.29) is 0 Å². The van der Waals surface area contributed by atoms with Crippen LogP contribution in [0.3, 0.4) is 0 Å². The topological polar surface area (TPSA) is 45.8 Å². The summed E-state index contributed by atoms with van der Waals surface area (Å²) < 4.78 is 24.3. The third-order valence-corrected chi connectivity index (χ3v) is 5.92. The molecule has 0 radical (unpaired) electrons. The van der Waals surface area contributed by atoms with Crippen LogP contribution >= 0.6 is 0 Å². The number of furan rings is 1. The summed E-state index contributed by atoms with van der Waals surface area (Å²) in [6.07, 6.45) is 3.80. The molecule has 34 heavy (non-hydrogen) atoms. The molecular weight excluding hydrogens is 426 g/mol. The van der Waals surface area contributed by atoms with Gasteiger partial charge in [-0.25, -0.2) is 0 Å². The van der Waals surface area contributed by atoms with E-state index in [2.05, 4.69) is 29.0 Å². The van der Waals surface area contributed by atoms with E-state index in [1.165, 1.54) is 0 Å². The molecule has 0 bridgehead atoms. The number of benzene rings is 3. The SMILES string of the molecule is COc1ccc(-c2ccoc2-c2c(-c3ccc(OC)cc3)ccn2-c2ccc(OC)cc2)cc1. The van der Waals surface area contributed by atoms with E-state index in [9.17, 15) is 0 Å². The molecule has 0 saturated carbocycles. The fourth-order valence-electron chi connectivity index (χ4n) is 4.12. The van der Waals surface area contributed by atoms with Gasteiger partial charge in [-0.1, -0.05) is 24.3 Å². The van der Waals surface area contributed by atoms with E-state index in [0.717, 1.165) is 56.6 Å². The molecule has 5 nitrogen and oxygen atoms in total. The van der Waals surface area contributed by atoms with Gasteiger partial charge in [0.05, 0.1) is 33.3 Å². The average molecular weight is 452 g/mol. The molecule has 0 atom stereocenters. The van der Waals surface area contributed by atoms with Gasteiger partial charge in [0.2, 0.25) is 0 Å². The molecule has 0 aliphatic rings. The molecule has 0 spiro atoms. The predicted molar refractivity (Wildman–Crippen MR) is 134 cm³/mol. The van der Waals surface area contributed by atoms with E-state index in [1.807, 2.05) is 66.7 Å². The molecule has 0 saturated heterocycles. The zero-order chi connectivity index (χ0) is 23.5. The minimum atomic E-state index is 0.789. The summed E-state index contributed by atoms with van der Waals surface area (Å²) in [6.45, 7) is 0. The van der Waals surface area contributed by atoms with E-state index in [1.54, 1.807) is 27.6 Å². The first kappa shape index (κ1) is 21.5. The third kappa shape index (κ3) is 3.92. The second-order valence-corrected chi connectivity index (χ2v) is 7.77. The normalized spacial score (nSPS) is 10.8. The van der Waals surface area contributed by atoms with Crippen LogP contribution in [-0.2, 0) is 0 Å². The smallest absolute Gasteiger partial charge is 0.159 e. The number of hydrogen-bond donors (Lipinski definition) is 0. The van der Waals surface area contributed by atoms with Gasteiger partial charge in [0.25, 0.3) is 0 Å². The summed E-state index contributed by atoms with van der Waals surface area (Å²) in [6, 6.07) is 28.2. The van der Waals surface area contributed by atoms with Crippen molar-refractivity contribution < 1.29 is 18.6 Å². The Kier molecular flexibility index (Phi) is 5.83. The van der Waals surface area contributed by atoms with Crippen LogP contribution in [0, 0.1) is 0 Å². The van der Waals surface area contributed by atoms with Gasteiger partial charge in [0.15, 0.2) is 5.76 Å². The van der Waals surface area contributed by atoms with Crippen LogP contribution in [-0.4, -0.2) is 25.9 Å². The lowest BCUT2D eigenvalue weighted by atomic mass is 9.99. The molecule has 0 aliphatic carbocycles. The van der Waals surface area contributed by atoms with E-state index in [4.69, 9.17) is 18.6 Å². The van der Waals surface area contributed by atoms with Crippen molar-refractivity contribution in [3.63, 3.8) is 0 Å². The first-order valence-corrected chi connectivity index (χ1v) is 10.9. The summed E-state index contributed by atoms with van der Waals surface area (Å²) in [5, 5.41) is 0. The highest BCUT2D eigenvalue weighted by Gasteiger charge is 2.21. The lowest BCUT2D eigenvalue weighted by Crippen LogP contribution is -1.97. The second-order valence-electron chi connectivity index (χ2n) is 7.77. The van der Waals surface area contributed by atoms with Gasteiger partial charge in [0.1, 0.15) is 17.2 Å². The molecule has 0 N–H and O–H groups in total. The van der Waals surface area contributed by atoms with Crippen molar-refractivity contribution in [3.8, 4) is 56.6 Å². The van der Waals surface area contributed by atoms with Gasteiger partial charge in [-0.05, 0) is 71.8 Å². The number of rotatable bonds is 7. The Hall–Kier alpha value is -4.38. The Labute approximate surface area is 198 Å². The van der Waals surface area contributed by atoms with Crippen molar-refractivity contribution in [2.24, 2.45) is 0 Å². The highest BCUT2D eigenvalue weighted by atomic mass is 16.5. The zero-order valence-corrected chi connectivity index (χ0v) is 19.3. The van der Waals surface area contributed by atoms with E-state index in [0.29, 0.717) is 0 Å². The number of ether oxygens (including phenoxy) is 3. The second kappa shape index (κ2) is 9.24. The molecule has 0 fully saturated rings. The van der Waals surface area contributed by atoms with E-state index >= 15 is 0 Å². The van der Waals surface area contributed by atoms with Crippen LogP contribution in [0.4, 0.5) is 0 Å². The highest BCUT2D eigenvalue weighted by molar-refractivity contribution is 5.88. The maximum atomic E-state index is 6.13. The van der Waals surface area contributed by atoms with Crippen LogP contribution in [0.5, 0.6) is 17.2 Å². The average Bonchev–Trinajstić information content (AvgIpc) is 3.56. The lowest BCUT2D eigenvalue weighted by Gasteiger charge is -2.13. The maximum Gasteiger partial charge on any atom is 0.159 e. The summed E-state index contributed by atoms with van der Waals surface area (Å²) in [7, 11) is 5.01. The molecule has 3 aromatic carbocycles. The zero-order valence-electron chi connectivity index (χ0n) is 19.3. The molecule has 5 rings (SSSR count). The fraction of sp³-hybridized carbons (Fsp3) is 0.103. The lowest BCUT2D eigenvalue weighted by molar-refractivity contribution is 0.414. The first-order chi connectivity index (χ1) is 16.7. The highest BCUT2D eigenvalue weighted by Crippen LogP contribution is 2.41. The third-order valence-electron chi connectivity index (χ3n) is 5.92. The minimum Gasteiger partial charge on any atom is -0.497 e. The first-order valence-electron chi connectivity index (χ1n) is 10.9. The predicted octanol–water partition coefficient (Wildman–Crippen LogP) is 7.10. The molecule has 0 amide bonds. The van der Waals surface area contributed by atoms with Crippen molar-refractivity contribution in [1.29, 1.82) is 0 Å². The monoisotopic (exact) mass is 451 g/mol. The Morgan fingerprint density at radius 3 is 1.59 bits per heavy atom. The largest absolute Gasteiger partial charge is 0.497 e. The Morgan fingerprint density at radius 2 is 1.06 bits per heavy atom. The van der Waals surface area contributed by atoms with Gasteiger partial charge < -0.3 is 23.2 Å². The van der Waals surface area contributed by atoms with Crippen LogP contribution in [0.25, 0.3) is 39.4 Å². The molecule has 5 aromatic rings. The Bertz CT molecular complexity index is 1310. The van der Waals surface area contributed by atoms with Crippen LogP contribution in [0.1, 0.15) is 0 Å². The van der Waals surface area contributed by atoms with Gasteiger partial charge in [0, 0.05) is 23.0 Å². The molecule has 0 unspecified atom stereocenters. The summed E-state index contributed by atoms with van der Waals surface area (Å²) >= 11 is 0. The van der Waals surface area contributed by atoms with Crippen LogP contribution < -0.4 is 14.2 Å². The van der Waals surface area contributed by atoms with Crippen LogP contribution in [0.2, 0.25) is 0 Å². The maximum absolute atomic E-state index is 6.13. The summed E-state index contributed by atoms with van der Waals surface area (Å²) in [4.78, 5) is 0. The molecule has 5 heteroatoms. The number of methoxy groups -OCH3 is 3. The van der Waals surface area contributed by atoms with Gasteiger partial charge >= 0.3 is 0 Å². The molecule has 2 aromatic heterocycles. The Balaban J connectivity index is 1.69. The number of hydrogen-bond acceptors (Lipinski definition) is 4. The van der Waals surface area contributed by atoms with Gasteiger partial charge in [-0.3, -0.25) is 0 Å². The standard InChI is InChI=1S/C29H25NO4/c1-31-23-10-4-20(5-11-23)26-16-18-30(22-8-14-25(33-3)15-9-22)28(26)29-27(17-19-34-29)21-6-12-24(32-2)13-7-21/h4-19H,1-3H3. The van der Waals surface area contributed by atoms with Crippen molar-refractivity contribution >= 4 is 0 Å². The molecule has 170 valence electrons. The molecular formula is C29H25NO4. The molecule has 2 heterocycles. The van der Waals surface area contributed by atoms with Gasteiger partial charge in [-0.15, -0.1) is 0 Å². The van der Waals surface area contributed by atoms with Crippen molar-refractivity contribution in [2.75, 3.05) is 21.3 Å². The van der Waals surface area contributed by atoms with E-state index < -0.39 is 0 Å². The number of aromatic nitrogens is 1. The van der Waals surface area contributed by atoms with Crippen molar-refractivity contribution in [2.45, 2.75) is 0 Å². The van der Waals surface area contributed by atoms with Gasteiger partial charge in [-0.2, -0.15) is 0 Å². The summed E-state index contributed by atoms with van der Waals surface area (Å²) in [5.74, 6) is 3.23. The van der Waals surface area contributed by atoms with Crippen LogP contribution in [0.15, 0.2) is 102 Å². The fourth-order valence-corrected chi connectivity index (χ4v) is 4.12. The van der Waals surface area contributed by atoms with Crippen molar-refractivity contribution in [1.82, 2.24) is 4.57 Å². The molecule has 0 aliphatic heterocycles. The minimum absolute atomic E-state index is 0.789.